The van der Waals surface area contributed by atoms with Gasteiger partial charge in [-0.3, -0.25) is 10.2 Å². The lowest BCUT2D eigenvalue weighted by Gasteiger charge is -2.14. The second-order valence-electron chi connectivity index (χ2n) is 3.61. The van der Waals surface area contributed by atoms with Gasteiger partial charge in [-0.15, -0.1) is 0 Å². The van der Waals surface area contributed by atoms with Crippen LogP contribution in [0.1, 0.15) is 19.8 Å². The third-order valence-electron chi connectivity index (χ3n) is 2.17. The molecule has 3 N–H and O–H groups in total. The number of carbonyl (C=O) groups excluding carboxylic acids is 1. The minimum Gasteiger partial charge on any atom is -0.491 e. The van der Waals surface area contributed by atoms with E-state index in [1.807, 2.05) is 12.3 Å². The summed E-state index contributed by atoms with van der Waals surface area (Å²) in [5, 5.41) is 0. The Labute approximate surface area is 107 Å². The predicted molar refractivity (Wildman–Crippen MR) is 65.8 cm³/mol. The molecule has 0 saturated heterocycles. The van der Waals surface area contributed by atoms with Gasteiger partial charge in [-0.1, -0.05) is 0 Å². The van der Waals surface area contributed by atoms with Gasteiger partial charge in [-0.05, 0) is 47.5 Å². The Morgan fingerprint density at radius 2 is 2.35 bits per heavy atom. The topological polar surface area (TPSA) is 64.4 Å². The molecule has 0 aliphatic carbocycles. The zero-order valence-electron chi connectivity index (χ0n) is 9.37. The van der Waals surface area contributed by atoms with Gasteiger partial charge in [0.25, 0.3) is 0 Å². The van der Waals surface area contributed by atoms with Crippen LogP contribution < -0.4 is 16.0 Å². The fraction of sp³-hybridized carbons (Fsp3) is 0.364. The number of hydrogen-bond acceptors (Lipinski definition) is 3. The first-order valence-electron chi connectivity index (χ1n) is 5.14. The fourth-order valence-electron chi connectivity index (χ4n) is 1.25. The van der Waals surface area contributed by atoms with Crippen molar-refractivity contribution >= 4 is 21.8 Å². The summed E-state index contributed by atoms with van der Waals surface area (Å²) < 4.78 is 18.8. The molecule has 0 heterocycles. The molecule has 1 atom stereocenters. The summed E-state index contributed by atoms with van der Waals surface area (Å²) in [6, 6.07) is 4.41. The van der Waals surface area contributed by atoms with Gasteiger partial charge in [0.1, 0.15) is 11.6 Å². The van der Waals surface area contributed by atoms with E-state index in [0.717, 1.165) is 0 Å². The zero-order chi connectivity index (χ0) is 12.8. The van der Waals surface area contributed by atoms with Crippen LogP contribution in [0.5, 0.6) is 5.75 Å². The van der Waals surface area contributed by atoms with Gasteiger partial charge in [0, 0.05) is 6.42 Å². The molecule has 0 fully saturated rings. The van der Waals surface area contributed by atoms with E-state index in [9.17, 15) is 9.18 Å². The molecule has 1 aromatic carbocycles. The molecule has 1 amide bonds. The van der Waals surface area contributed by atoms with Gasteiger partial charge in [0.2, 0.25) is 5.91 Å². The first-order valence-corrected chi connectivity index (χ1v) is 5.93. The number of hydrazine groups is 1. The Balaban J connectivity index is 2.47. The number of nitrogens with two attached hydrogens (primary N) is 1. The molecule has 94 valence electrons. The number of hydrogen-bond donors (Lipinski definition) is 2. The Hall–Kier alpha value is -1.14. The van der Waals surface area contributed by atoms with Crippen molar-refractivity contribution < 1.29 is 13.9 Å². The summed E-state index contributed by atoms with van der Waals surface area (Å²) in [7, 11) is 0. The lowest BCUT2D eigenvalue weighted by Crippen LogP contribution is -2.30. The molecule has 0 aromatic heterocycles. The monoisotopic (exact) mass is 304 g/mol. The molecule has 1 rings (SSSR count). The summed E-state index contributed by atoms with van der Waals surface area (Å²) >= 11 is 3.07. The van der Waals surface area contributed by atoms with Gasteiger partial charge >= 0.3 is 0 Å². The van der Waals surface area contributed by atoms with Crippen LogP contribution in [0.3, 0.4) is 0 Å². The Bertz CT molecular complexity index is 401. The highest BCUT2D eigenvalue weighted by Crippen LogP contribution is 2.23. The lowest BCUT2D eigenvalue weighted by molar-refractivity contribution is -0.121. The van der Waals surface area contributed by atoms with E-state index in [1.54, 1.807) is 12.1 Å². The van der Waals surface area contributed by atoms with Crippen LogP contribution in [-0.4, -0.2) is 12.0 Å². The molecule has 17 heavy (non-hydrogen) atoms. The molecule has 0 aliphatic rings. The van der Waals surface area contributed by atoms with Crippen LogP contribution >= 0.6 is 15.9 Å². The first-order chi connectivity index (χ1) is 8.02. The molecular weight excluding hydrogens is 291 g/mol. The molecule has 1 aromatic rings. The number of rotatable bonds is 5. The van der Waals surface area contributed by atoms with Crippen LogP contribution in [0.2, 0.25) is 0 Å². The maximum atomic E-state index is 13.0. The SMILES string of the molecule is CC(CCC(=O)NN)Oc1ccc(F)c(Br)c1. The minimum absolute atomic E-state index is 0.148. The lowest BCUT2D eigenvalue weighted by atomic mass is 10.2. The van der Waals surface area contributed by atoms with Crippen LogP contribution in [-0.2, 0) is 4.79 Å². The Morgan fingerprint density at radius 3 is 2.94 bits per heavy atom. The van der Waals surface area contributed by atoms with E-state index in [-0.39, 0.29) is 17.8 Å². The van der Waals surface area contributed by atoms with Crippen molar-refractivity contribution in [2.24, 2.45) is 5.84 Å². The quantitative estimate of drug-likeness (QED) is 0.497. The molecule has 0 saturated carbocycles. The average molecular weight is 305 g/mol. The van der Waals surface area contributed by atoms with E-state index in [1.165, 1.54) is 6.07 Å². The highest BCUT2D eigenvalue weighted by Gasteiger charge is 2.08. The van der Waals surface area contributed by atoms with Crippen LogP contribution in [0.4, 0.5) is 4.39 Å². The summed E-state index contributed by atoms with van der Waals surface area (Å²) in [5.74, 6) is 4.94. The van der Waals surface area contributed by atoms with E-state index in [2.05, 4.69) is 15.9 Å². The smallest absolute Gasteiger partial charge is 0.234 e. The van der Waals surface area contributed by atoms with Crippen molar-refractivity contribution in [1.29, 1.82) is 0 Å². The van der Waals surface area contributed by atoms with E-state index in [4.69, 9.17) is 10.6 Å². The van der Waals surface area contributed by atoms with E-state index < -0.39 is 0 Å². The van der Waals surface area contributed by atoms with Crippen molar-refractivity contribution in [3.8, 4) is 5.75 Å². The standard InChI is InChI=1S/C11H14BrFN2O2/c1-7(2-5-11(16)15-14)17-8-3-4-10(13)9(12)6-8/h3-4,6-7H,2,5,14H2,1H3,(H,15,16). The minimum atomic E-state index is -0.340. The van der Waals surface area contributed by atoms with Gasteiger partial charge in [-0.2, -0.15) is 0 Å². The number of nitrogens with one attached hydrogen (secondary N) is 1. The molecule has 4 nitrogen and oxygen atoms in total. The maximum absolute atomic E-state index is 13.0. The third kappa shape index (κ3) is 4.70. The normalized spacial score (nSPS) is 12.0. The summed E-state index contributed by atoms with van der Waals surface area (Å²) in [5.41, 5.74) is 2.05. The van der Waals surface area contributed by atoms with Gasteiger partial charge in [0.15, 0.2) is 0 Å². The van der Waals surface area contributed by atoms with Crippen molar-refractivity contribution in [3.05, 3.63) is 28.5 Å². The van der Waals surface area contributed by atoms with Crippen molar-refractivity contribution in [1.82, 2.24) is 5.43 Å². The highest BCUT2D eigenvalue weighted by molar-refractivity contribution is 9.10. The number of ether oxygens (including phenoxy) is 1. The maximum Gasteiger partial charge on any atom is 0.234 e. The van der Waals surface area contributed by atoms with Crippen LogP contribution in [0, 0.1) is 5.82 Å². The van der Waals surface area contributed by atoms with E-state index >= 15 is 0 Å². The molecule has 0 radical (unpaired) electrons. The molecule has 0 spiro atoms. The second kappa shape index (κ2) is 6.56. The highest BCUT2D eigenvalue weighted by atomic mass is 79.9. The predicted octanol–water partition coefficient (Wildman–Crippen LogP) is 2.13. The second-order valence-corrected chi connectivity index (χ2v) is 4.46. The summed E-state index contributed by atoms with van der Waals surface area (Å²) in [4.78, 5) is 10.9. The van der Waals surface area contributed by atoms with E-state index in [0.29, 0.717) is 23.1 Å². The van der Waals surface area contributed by atoms with Crippen molar-refractivity contribution in [2.45, 2.75) is 25.9 Å². The Kier molecular flexibility index (Phi) is 5.37. The average Bonchev–Trinajstić information content (AvgIpc) is 2.31. The molecule has 0 aliphatic heterocycles. The number of halogens is 2. The van der Waals surface area contributed by atoms with Gasteiger partial charge in [-0.25, -0.2) is 10.2 Å². The summed E-state index contributed by atoms with van der Waals surface area (Å²) in [6.07, 6.45) is 0.683. The molecular formula is C11H14BrFN2O2. The zero-order valence-corrected chi connectivity index (χ0v) is 11.0. The Morgan fingerprint density at radius 1 is 1.65 bits per heavy atom. The van der Waals surface area contributed by atoms with Crippen molar-refractivity contribution in [2.75, 3.05) is 0 Å². The number of benzene rings is 1. The number of amides is 1. The first kappa shape index (κ1) is 13.9. The van der Waals surface area contributed by atoms with Gasteiger partial charge in [0.05, 0.1) is 10.6 Å². The molecule has 6 heteroatoms. The molecule has 0 bridgehead atoms. The number of carbonyl (C=O) groups is 1. The third-order valence-corrected chi connectivity index (χ3v) is 2.77. The van der Waals surface area contributed by atoms with Crippen LogP contribution in [0.15, 0.2) is 22.7 Å². The largest absolute Gasteiger partial charge is 0.491 e. The van der Waals surface area contributed by atoms with Crippen molar-refractivity contribution in [3.63, 3.8) is 0 Å². The summed E-state index contributed by atoms with van der Waals surface area (Å²) in [6.45, 7) is 1.83. The van der Waals surface area contributed by atoms with Crippen LogP contribution in [0.25, 0.3) is 0 Å². The fourth-order valence-corrected chi connectivity index (χ4v) is 1.61. The molecule has 1 unspecified atom stereocenters. The van der Waals surface area contributed by atoms with Gasteiger partial charge < -0.3 is 4.74 Å².